The van der Waals surface area contributed by atoms with E-state index in [0.717, 1.165) is 6.07 Å². The van der Waals surface area contributed by atoms with Crippen LogP contribution in [0.25, 0.3) is 10.8 Å². The van der Waals surface area contributed by atoms with Crippen molar-refractivity contribution in [3.63, 3.8) is 0 Å². The van der Waals surface area contributed by atoms with Crippen LogP contribution in [0, 0.1) is 17.1 Å². The number of phenolic OH excluding ortho intramolecular Hbond substituents is 1. The average molecular weight is 462 g/mol. The van der Waals surface area contributed by atoms with Gasteiger partial charge in [-0.25, -0.2) is 9.49 Å². The molecule has 0 amide bonds. The van der Waals surface area contributed by atoms with E-state index in [2.05, 4.69) is 15.5 Å². The molecule has 2 atom stereocenters. The number of anilines is 1. The van der Waals surface area contributed by atoms with E-state index in [1.807, 2.05) is 0 Å². The van der Waals surface area contributed by atoms with Gasteiger partial charge in [-0.2, -0.15) is 23.5 Å². The summed E-state index contributed by atoms with van der Waals surface area (Å²) in [5.41, 5.74) is -6.49. The fourth-order valence-corrected chi connectivity index (χ4v) is 4.67. The quantitative estimate of drug-likeness (QED) is 0.430. The van der Waals surface area contributed by atoms with Gasteiger partial charge in [-0.1, -0.05) is 19.9 Å². The predicted molar refractivity (Wildman–Crippen MR) is 110 cm³/mol. The first-order valence-electron chi connectivity index (χ1n) is 9.80. The lowest BCUT2D eigenvalue weighted by molar-refractivity contribution is -0.276. The van der Waals surface area contributed by atoms with Gasteiger partial charge in [-0.15, -0.1) is 0 Å². The molecule has 2 unspecified atom stereocenters. The number of benzene rings is 2. The number of nitriles is 1. The van der Waals surface area contributed by atoms with Gasteiger partial charge in [0, 0.05) is 16.6 Å². The van der Waals surface area contributed by atoms with Crippen LogP contribution in [-0.4, -0.2) is 32.2 Å². The molecule has 4 rings (SSSR count). The second-order valence-corrected chi connectivity index (χ2v) is 8.69. The maximum Gasteiger partial charge on any atom is 0.419 e. The Kier molecular flexibility index (Phi) is 4.90. The summed E-state index contributed by atoms with van der Waals surface area (Å²) in [5.74, 6) is -2.19. The number of nitrogens with one attached hydrogen (secondary N) is 2. The minimum atomic E-state index is -5.14. The van der Waals surface area contributed by atoms with Crippen LogP contribution in [0.15, 0.2) is 35.3 Å². The van der Waals surface area contributed by atoms with Crippen molar-refractivity contribution in [2.75, 3.05) is 5.32 Å². The number of aromatic nitrogens is 2. The zero-order valence-corrected chi connectivity index (χ0v) is 17.4. The topological polar surface area (TPSA) is 122 Å². The SMILES string of the molecule is CC1(C)CC(O)(C(F)(F)F)C(Nc2cccc3c(=O)[nH]ncc23)c2cc(C#N)c(F)c(O)c21. The van der Waals surface area contributed by atoms with Gasteiger partial charge in [-0.05, 0) is 35.6 Å². The van der Waals surface area contributed by atoms with Gasteiger partial charge in [0.2, 0.25) is 0 Å². The highest BCUT2D eigenvalue weighted by molar-refractivity contribution is 5.92. The fraction of sp³-hybridized carbons (Fsp3) is 0.318. The Hall–Kier alpha value is -3.65. The van der Waals surface area contributed by atoms with E-state index in [-0.39, 0.29) is 27.6 Å². The number of rotatable bonds is 2. The number of hydrogen-bond acceptors (Lipinski definition) is 6. The number of hydrogen-bond donors (Lipinski definition) is 4. The van der Waals surface area contributed by atoms with Crippen LogP contribution in [-0.2, 0) is 5.41 Å². The molecule has 1 aromatic heterocycles. The van der Waals surface area contributed by atoms with Crippen LogP contribution < -0.4 is 10.9 Å². The minimum Gasteiger partial charge on any atom is -0.505 e. The molecule has 11 heteroatoms. The summed E-state index contributed by atoms with van der Waals surface area (Å²) in [5, 5.41) is 39.6. The molecule has 33 heavy (non-hydrogen) atoms. The van der Waals surface area contributed by atoms with Crippen molar-refractivity contribution in [3.8, 4) is 11.8 Å². The molecule has 0 radical (unpaired) electrons. The van der Waals surface area contributed by atoms with E-state index >= 15 is 0 Å². The minimum absolute atomic E-state index is 0.0479. The molecule has 7 nitrogen and oxygen atoms in total. The fourth-order valence-electron chi connectivity index (χ4n) is 4.67. The molecule has 4 N–H and O–H groups in total. The maximum atomic E-state index is 14.5. The molecular weight excluding hydrogens is 444 g/mol. The first-order valence-corrected chi connectivity index (χ1v) is 9.80. The van der Waals surface area contributed by atoms with Crippen LogP contribution in [0.4, 0.5) is 23.2 Å². The van der Waals surface area contributed by atoms with Crippen molar-refractivity contribution in [3.05, 3.63) is 63.3 Å². The summed E-state index contributed by atoms with van der Waals surface area (Å²) in [6, 6.07) is 4.76. The molecule has 0 spiro atoms. The zero-order chi connectivity index (χ0) is 24.3. The highest BCUT2D eigenvalue weighted by atomic mass is 19.4. The average Bonchev–Trinajstić information content (AvgIpc) is 2.72. The Labute approximate surface area is 184 Å². The highest BCUT2D eigenvalue weighted by Crippen LogP contribution is 2.57. The van der Waals surface area contributed by atoms with Crippen molar-refractivity contribution < 1.29 is 27.8 Å². The number of aromatic amines is 1. The third-order valence-electron chi connectivity index (χ3n) is 6.07. The number of fused-ring (bicyclic) bond motifs is 2. The van der Waals surface area contributed by atoms with Gasteiger partial charge in [-0.3, -0.25) is 4.79 Å². The third-order valence-corrected chi connectivity index (χ3v) is 6.07. The molecule has 0 fully saturated rings. The lowest BCUT2D eigenvalue weighted by atomic mass is 9.63. The van der Waals surface area contributed by atoms with Crippen LogP contribution in [0.2, 0.25) is 0 Å². The Morgan fingerprint density at radius 2 is 2.00 bits per heavy atom. The molecule has 0 bridgehead atoms. The molecule has 1 aliphatic rings. The molecule has 172 valence electrons. The summed E-state index contributed by atoms with van der Waals surface area (Å²) >= 11 is 0. The van der Waals surface area contributed by atoms with E-state index in [4.69, 9.17) is 0 Å². The summed E-state index contributed by atoms with van der Waals surface area (Å²) in [7, 11) is 0. The van der Waals surface area contributed by atoms with Crippen LogP contribution in [0.1, 0.15) is 43.0 Å². The van der Waals surface area contributed by atoms with Gasteiger partial charge in [0.15, 0.2) is 17.2 Å². The molecule has 1 aliphatic carbocycles. The second-order valence-electron chi connectivity index (χ2n) is 8.69. The van der Waals surface area contributed by atoms with E-state index in [0.29, 0.717) is 0 Å². The Bertz CT molecular complexity index is 1380. The van der Waals surface area contributed by atoms with Crippen molar-refractivity contribution in [2.24, 2.45) is 0 Å². The van der Waals surface area contributed by atoms with Gasteiger partial charge in [0.05, 0.1) is 23.2 Å². The first-order chi connectivity index (χ1) is 15.3. The highest BCUT2D eigenvalue weighted by Gasteiger charge is 2.64. The molecule has 0 saturated heterocycles. The van der Waals surface area contributed by atoms with Crippen LogP contribution in [0.5, 0.6) is 5.75 Å². The number of halogens is 4. The largest absolute Gasteiger partial charge is 0.505 e. The number of H-pyrrole nitrogens is 1. The lowest BCUT2D eigenvalue weighted by Gasteiger charge is -2.49. The monoisotopic (exact) mass is 462 g/mol. The smallest absolute Gasteiger partial charge is 0.419 e. The van der Waals surface area contributed by atoms with Crippen molar-refractivity contribution in [1.82, 2.24) is 10.2 Å². The molecular formula is C22H18F4N4O3. The first kappa shape index (κ1) is 22.5. The predicted octanol–water partition coefficient (Wildman–Crippen LogP) is 3.77. The maximum absolute atomic E-state index is 14.5. The van der Waals surface area contributed by atoms with Gasteiger partial charge < -0.3 is 15.5 Å². The van der Waals surface area contributed by atoms with Gasteiger partial charge in [0.25, 0.3) is 5.56 Å². The standard InChI is InChI=1S/C22H18F4N4O3/c1-20(2)9-21(33,22(24,25)26)18(12-6-10(7-27)16(23)17(31)15(12)20)29-14-5-3-4-11-13(14)8-28-30-19(11)32/h3-6,8,18,29,31,33H,9H2,1-2H3,(H,30,32). The summed E-state index contributed by atoms with van der Waals surface area (Å²) in [4.78, 5) is 12.1. The van der Waals surface area contributed by atoms with Crippen molar-refractivity contribution in [2.45, 2.75) is 43.5 Å². The summed E-state index contributed by atoms with van der Waals surface area (Å²) in [6.07, 6.45) is -4.81. The summed E-state index contributed by atoms with van der Waals surface area (Å²) < 4.78 is 57.4. The number of aromatic hydroxyl groups is 1. The zero-order valence-electron chi connectivity index (χ0n) is 17.4. The Morgan fingerprint density at radius 1 is 1.30 bits per heavy atom. The number of nitrogens with zero attached hydrogens (tertiary/aromatic N) is 2. The van der Waals surface area contributed by atoms with Crippen LogP contribution in [0.3, 0.4) is 0 Å². The van der Waals surface area contributed by atoms with Crippen molar-refractivity contribution >= 4 is 16.5 Å². The lowest BCUT2D eigenvalue weighted by Crippen LogP contribution is -2.58. The normalized spacial score (nSPS) is 21.9. The third kappa shape index (κ3) is 3.29. The Balaban J connectivity index is 2.03. The molecule has 1 heterocycles. The number of aliphatic hydroxyl groups is 1. The van der Waals surface area contributed by atoms with Crippen molar-refractivity contribution in [1.29, 1.82) is 5.26 Å². The van der Waals surface area contributed by atoms with E-state index in [1.54, 1.807) is 0 Å². The summed E-state index contributed by atoms with van der Waals surface area (Å²) in [6.45, 7) is 2.68. The van der Waals surface area contributed by atoms with Gasteiger partial charge in [0.1, 0.15) is 6.07 Å². The van der Waals surface area contributed by atoms with E-state index in [9.17, 15) is 37.8 Å². The number of alkyl halides is 3. The molecule has 0 aliphatic heterocycles. The molecule has 3 aromatic rings. The Morgan fingerprint density at radius 3 is 2.64 bits per heavy atom. The van der Waals surface area contributed by atoms with E-state index in [1.165, 1.54) is 44.3 Å². The number of phenols is 1. The van der Waals surface area contributed by atoms with Gasteiger partial charge >= 0.3 is 6.18 Å². The second kappa shape index (κ2) is 7.18. The molecule has 2 aromatic carbocycles. The van der Waals surface area contributed by atoms with E-state index < -0.39 is 52.3 Å². The van der Waals surface area contributed by atoms with Crippen LogP contribution >= 0.6 is 0 Å². The molecule has 0 saturated carbocycles.